The lowest BCUT2D eigenvalue weighted by Crippen LogP contribution is -2.15. The molecule has 0 saturated carbocycles. The quantitative estimate of drug-likeness (QED) is 0.834. The first-order valence-corrected chi connectivity index (χ1v) is 8.22. The number of halogens is 3. The standard InChI is InChI=1S/C12H9BrClFN2O3S/c13-9-3-8(15)4-10(14)12(9)17-21(19,20)11-2-1-7(6-18)5-16-11/h1-5,17-18H,6H2. The molecule has 2 aromatic rings. The number of hydrogen-bond donors (Lipinski definition) is 2. The number of aromatic nitrogens is 1. The number of aliphatic hydroxyl groups is 1. The zero-order valence-corrected chi connectivity index (χ0v) is 13.5. The minimum atomic E-state index is -3.98. The summed E-state index contributed by atoms with van der Waals surface area (Å²) in [5, 5.41) is 8.57. The zero-order chi connectivity index (χ0) is 15.6. The molecule has 9 heteroatoms. The van der Waals surface area contributed by atoms with E-state index in [0.717, 1.165) is 12.1 Å². The van der Waals surface area contributed by atoms with Gasteiger partial charge >= 0.3 is 0 Å². The molecular weight excluding hydrogens is 387 g/mol. The van der Waals surface area contributed by atoms with Gasteiger partial charge in [0.1, 0.15) is 5.82 Å². The van der Waals surface area contributed by atoms with Crippen molar-refractivity contribution in [2.75, 3.05) is 4.72 Å². The molecule has 21 heavy (non-hydrogen) atoms. The largest absolute Gasteiger partial charge is 0.392 e. The Morgan fingerprint density at radius 1 is 1.38 bits per heavy atom. The number of aliphatic hydroxyl groups excluding tert-OH is 1. The number of nitrogens with zero attached hydrogens (tertiary/aromatic N) is 1. The second-order valence-corrected chi connectivity index (χ2v) is 6.90. The van der Waals surface area contributed by atoms with Crippen LogP contribution in [0.15, 0.2) is 40.0 Å². The van der Waals surface area contributed by atoms with Gasteiger partial charge in [0.2, 0.25) is 0 Å². The Morgan fingerprint density at radius 3 is 2.62 bits per heavy atom. The van der Waals surface area contributed by atoms with Crippen LogP contribution in [0.3, 0.4) is 0 Å². The molecule has 0 atom stereocenters. The zero-order valence-electron chi connectivity index (χ0n) is 10.3. The van der Waals surface area contributed by atoms with Crippen molar-refractivity contribution in [1.82, 2.24) is 4.98 Å². The summed E-state index contributed by atoms with van der Waals surface area (Å²) < 4.78 is 39.9. The van der Waals surface area contributed by atoms with E-state index in [-0.39, 0.29) is 26.8 Å². The topological polar surface area (TPSA) is 79.3 Å². The average molecular weight is 396 g/mol. The van der Waals surface area contributed by atoms with Crippen molar-refractivity contribution in [2.24, 2.45) is 0 Å². The first-order chi connectivity index (χ1) is 9.83. The van der Waals surface area contributed by atoms with Crippen molar-refractivity contribution >= 4 is 43.2 Å². The molecule has 0 aliphatic rings. The lowest BCUT2D eigenvalue weighted by Gasteiger charge is -2.11. The normalized spacial score (nSPS) is 11.4. The number of anilines is 1. The van der Waals surface area contributed by atoms with Crippen LogP contribution in [-0.4, -0.2) is 18.5 Å². The van der Waals surface area contributed by atoms with Crippen LogP contribution in [0.25, 0.3) is 0 Å². The fraction of sp³-hybridized carbons (Fsp3) is 0.0833. The maximum Gasteiger partial charge on any atom is 0.279 e. The fourth-order valence-electron chi connectivity index (χ4n) is 1.49. The summed E-state index contributed by atoms with van der Waals surface area (Å²) >= 11 is 8.87. The lowest BCUT2D eigenvalue weighted by atomic mass is 10.3. The summed E-state index contributed by atoms with van der Waals surface area (Å²) in [5.41, 5.74) is 0.501. The second kappa shape index (κ2) is 6.27. The van der Waals surface area contributed by atoms with Gasteiger partial charge in [0.05, 0.1) is 17.3 Å². The molecule has 1 heterocycles. The highest BCUT2D eigenvalue weighted by Gasteiger charge is 2.19. The fourth-order valence-corrected chi connectivity index (χ4v) is 3.61. The van der Waals surface area contributed by atoms with E-state index in [1.54, 1.807) is 0 Å². The molecule has 1 aromatic carbocycles. The molecule has 0 spiro atoms. The monoisotopic (exact) mass is 394 g/mol. The number of benzene rings is 1. The first kappa shape index (κ1) is 16.2. The van der Waals surface area contributed by atoms with Crippen LogP contribution in [0.2, 0.25) is 5.02 Å². The molecule has 0 amide bonds. The molecule has 0 bridgehead atoms. The van der Waals surface area contributed by atoms with Gasteiger partial charge in [0, 0.05) is 10.7 Å². The van der Waals surface area contributed by atoms with Crippen molar-refractivity contribution in [3.63, 3.8) is 0 Å². The van der Waals surface area contributed by atoms with Crippen LogP contribution in [-0.2, 0) is 16.6 Å². The molecule has 5 nitrogen and oxygen atoms in total. The van der Waals surface area contributed by atoms with Gasteiger partial charge in [-0.15, -0.1) is 0 Å². The van der Waals surface area contributed by atoms with Gasteiger partial charge in [-0.25, -0.2) is 9.37 Å². The van der Waals surface area contributed by atoms with Crippen molar-refractivity contribution in [1.29, 1.82) is 0 Å². The van der Waals surface area contributed by atoms with Crippen molar-refractivity contribution in [3.8, 4) is 0 Å². The Bertz CT molecular complexity index is 746. The molecule has 0 radical (unpaired) electrons. The van der Waals surface area contributed by atoms with E-state index in [1.165, 1.54) is 18.3 Å². The van der Waals surface area contributed by atoms with E-state index >= 15 is 0 Å². The predicted molar refractivity (Wildman–Crippen MR) is 80.1 cm³/mol. The Balaban J connectivity index is 2.37. The number of sulfonamides is 1. The van der Waals surface area contributed by atoms with Crippen molar-refractivity contribution in [2.45, 2.75) is 11.6 Å². The van der Waals surface area contributed by atoms with Gasteiger partial charge in [-0.1, -0.05) is 17.7 Å². The Labute approximate surface area is 134 Å². The molecule has 2 N–H and O–H groups in total. The summed E-state index contributed by atoms with van der Waals surface area (Å²) in [7, 11) is -3.98. The molecule has 0 fully saturated rings. The van der Waals surface area contributed by atoms with E-state index < -0.39 is 15.8 Å². The van der Waals surface area contributed by atoms with Crippen LogP contribution in [0.5, 0.6) is 0 Å². The number of nitrogens with one attached hydrogen (secondary N) is 1. The smallest absolute Gasteiger partial charge is 0.279 e. The molecule has 0 saturated heterocycles. The first-order valence-electron chi connectivity index (χ1n) is 5.56. The molecule has 112 valence electrons. The Kier molecular flexibility index (Phi) is 4.82. The van der Waals surface area contributed by atoms with Gasteiger partial charge < -0.3 is 5.11 Å². The van der Waals surface area contributed by atoms with Gasteiger partial charge in [0.15, 0.2) is 5.03 Å². The van der Waals surface area contributed by atoms with E-state index in [2.05, 4.69) is 25.6 Å². The third-order valence-corrected chi connectivity index (χ3v) is 4.69. The maximum atomic E-state index is 13.1. The number of hydrogen-bond acceptors (Lipinski definition) is 4. The summed E-state index contributed by atoms with van der Waals surface area (Å²) in [5.74, 6) is -0.597. The minimum Gasteiger partial charge on any atom is -0.392 e. The van der Waals surface area contributed by atoms with Crippen molar-refractivity contribution < 1.29 is 17.9 Å². The van der Waals surface area contributed by atoms with E-state index in [0.29, 0.717) is 5.56 Å². The molecular formula is C12H9BrClFN2O3S. The lowest BCUT2D eigenvalue weighted by molar-refractivity contribution is 0.281. The van der Waals surface area contributed by atoms with Gasteiger partial charge in [-0.05, 0) is 39.7 Å². The molecule has 0 aliphatic carbocycles. The summed E-state index contributed by atoms with van der Waals surface area (Å²) in [6.07, 6.45) is 1.25. The summed E-state index contributed by atoms with van der Waals surface area (Å²) in [6.45, 7) is -0.240. The van der Waals surface area contributed by atoms with E-state index in [9.17, 15) is 12.8 Å². The highest BCUT2D eigenvalue weighted by atomic mass is 79.9. The third-order valence-electron chi connectivity index (χ3n) is 2.50. The Morgan fingerprint density at radius 2 is 2.10 bits per heavy atom. The van der Waals surface area contributed by atoms with Crippen molar-refractivity contribution in [3.05, 3.63) is 51.3 Å². The predicted octanol–water partition coefficient (Wildman–Crippen LogP) is 2.93. The second-order valence-electron chi connectivity index (χ2n) is 4.01. The van der Waals surface area contributed by atoms with Crippen LogP contribution >= 0.6 is 27.5 Å². The highest BCUT2D eigenvalue weighted by Crippen LogP contribution is 2.33. The van der Waals surface area contributed by atoms with Crippen LogP contribution in [0.1, 0.15) is 5.56 Å². The Hall–Kier alpha value is -1.22. The molecule has 0 aliphatic heterocycles. The van der Waals surface area contributed by atoms with Gasteiger partial charge in [0.25, 0.3) is 10.0 Å². The SMILES string of the molecule is O=S(=O)(Nc1c(Cl)cc(F)cc1Br)c1ccc(CO)cn1. The van der Waals surface area contributed by atoms with E-state index in [1.807, 2.05) is 0 Å². The average Bonchev–Trinajstić information content (AvgIpc) is 2.43. The van der Waals surface area contributed by atoms with Crippen LogP contribution < -0.4 is 4.72 Å². The summed E-state index contributed by atoms with van der Waals surface area (Å²) in [4.78, 5) is 3.75. The highest BCUT2D eigenvalue weighted by molar-refractivity contribution is 9.10. The van der Waals surface area contributed by atoms with Crippen LogP contribution in [0, 0.1) is 5.82 Å². The van der Waals surface area contributed by atoms with Crippen LogP contribution in [0.4, 0.5) is 10.1 Å². The molecule has 1 aromatic heterocycles. The van der Waals surface area contributed by atoms with E-state index in [4.69, 9.17) is 16.7 Å². The number of rotatable bonds is 4. The summed E-state index contributed by atoms with van der Waals surface area (Å²) in [6, 6.07) is 4.76. The molecule has 0 unspecified atom stereocenters. The molecule has 2 rings (SSSR count). The minimum absolute atomic E-state index is 0.0195. The van der Waals surface area contributed by atoms with Gasteiger partial charge in [-0.3, -0.25) is 4.72 Å². The van der Waals surface area contributed by atoms with Gasteiger partial charge in [-0.2, -0.15) is 8.42 Å². The third kappa shape index (κ3) is 3.70. The number of pyridine rings is 1. The maximum absolute atomic E-state index is 13.1.